The highest BCUT2D eigenvalue weighted by Crippen LogP contribution is 2.19. The number of nitrogens with one attached hydrogen (secondary N) is 1. The van der Waals surface area contributed by atoms with Crippen LogP contribution in [0.5, 0.6) is 0 Å². The summed E-state index contributed by atoms with van der Waals surface area (Å²) in [5.41, 5.74) is -1.35. The predicted octanol–water partition coefficient (Wildman–Crippen LogP) is 1.40. The van der Waals surface area contributed by atoms with Gasteiger partial charge in [0, 0.05) is 11.1 Å². The summed E-state index contributed by atoms with van der Waals surface area (Å²) in [6, 6.07) is -0.164. The molecule has 0 aliphatic heterocycles. The van der Waals surface area contributed by atoms with Gasteiger partial charge in [0.1, 0.15) is 10.6 Å². The third-order valence-corrected chi connectivity index (χ3v) is 3.01. The minimum Gasteiger partial charge on any atom is -0.381 e. The normalized spacial score (nSPS) is 13.7. The van der Waals surface area contributed by atoms with Crippen LogP contribution in [0.1, 0.15) is 36.7 Å². The van der Waals surface area contributed by atoms with E-state index in [0.29, 0.717) is 0 Å². The average Bonchev–Trinajstić information content (AvgIpc) is 2.50. The van der Waals surface area contributed by atoms with Crippen LogP contribution in [0.4, 0.5) is 0 Å². The van der Waals surface area contributed by atoms with Crippen LogP contribution >= 0.6 is 11.3 Å². The largest absolute Gasteiger partial charge is 0.381 e. The number of rotatable bonds is 3. The number of nitrogens with zero attached hydrogens (tertiary/aromatic N) is 1. The van der Waals surface area contributed by atoms with Crippen molar-refractivity contribution in [2.75, 3.05) is 0 Å². The van der Waals surface area contributed by atoms with Crippen LogP contribution in [-0.4, -0.2) is 21.6 Å². The Morgan fingerprint density at radius 2 is 2.27 bits per heavy atom. The van der Waals surface area contributed by atoms with E-state index in [2.05, 4.69) is 10.3 Å². The van der Waals surface area contributed by atoms with Gasteiger partial charge in [-0.2, -0.15) is 0 Å². The molecule has 0 spiro atoms. The van der Waals surface area contributed by atoms with Crippen LogP contribution in [-0.2, 0) is 4.79 Å². The van der Waals surface area contributed by atoms with Gasteiger partial charge in [0.2, 0.25) is 0 Å². The first kappa shape index (κ1) is 12.1. The smallest absolute Gasteiger partial charge is 0.251 e. The molecule has 2 N–H and O–H groups in total. The van der Waals surface area contributed by atoms with Crippen LogP contribution < -0.4 is 5.32 Å². The second-order valence-electron chi connectivity index (χ2n) is 4.06. The highest BCUT2D eigenvalue weighted by molar-refractivity contribution is 7.11. The van der Waals surface area contributed by atoms with Gasteiger partial charge in [-0.05, 0) is 27.7 Å². The van der Waals surface area contributed by atoms with Gasteiger partial charge < -0.3 is 10.4 Å². The molecule has 0 saturated carbocycles. The van der Waals surface area contributed by atoms with Crippen molar-refractivity contribution in [1.82, 2.24) is 10.3 Å². The highest BCUT2D eigenvalue weighted by Gasteiger charge is 2.25. The molecular formula is C10H16N2O2S. The molecule has 5 heteroatoms. The minimum absolute atomic E-state index is 0.164. The van der Waals surface area contributed by atoms with Crippen LogP contribution in [0.15, 0.2) is 6.20 Å². The van der Waals surface area contributed by atoms with Crippen molar-refractivity contribution in [2.45, 2.75) is 39.3 Å². The number of thiazole rings is 1. The van der Waals surface area contributed by atoms with Gasteiger partial charge in [0.05, 0.1) is 6.04 Å². The van der Waals surface area contributed by atoms with Gasteiger partial charge in [-0.3, -0.25) is 4.79 Å². The maximum atomic E-state index is 11.5. The molecule has 15 heavy (non-hydrogen) atoms. The average molecular weight is 228 g/mol. The number of carbonyl (C=O) groups is 1. The maximum Gasteiger partial charge on any atom is 0.251 e. The number of aromatic nitrogens is 1. The van der Waals surface area contributed by atoms with E-state index >= 15 is 0 Å². The zero-order valence-corrected chi connectivity index (χ0v) is 10.2. The summed E-state index contributed by atoms with van der Waals surface area (Å²) in [6.07, 6.45) is 1.77. The molecule has 1 aromatic heterocycles. The molecule has 0 aliphatic rings. The molecule has 1 aromatic rings. The second-order valence-corrected chi connectivity index (χ2v) is 5.33. The second kappa shape index (κ2) is 4.28. The van der Waals surface area contributed by atoms with Gasteiger partial charge in [0.15, 0.2) is 0 Å². The van der Waals surface area contributed by atoms with Crippen molar-refractivity contribution in [1.29, 1.82) is 0 Å². The van der Waals surface area contributed by atoms with E-state index in [1.807, 2.05) is 13.8 Å². The zero-order chi connectivity index (χ0) is 11.6. The molecule has 0 aliphatic carbocycles. The summed E-state index contributed by atoms with van der Waals surface area (Å²) >= 11 is 1.54. The third kappa shape index (κ3) is 3.28. The SMILES string of the molecule is Cc1cnc(C(C)NC(=O)C(C)(C)O)s1. The number of amides is 1. The lowest BCUT2D eigenvalue weighted by Crippen LogP contribution is -2.42. The molecule has 0 aromatic carbocycles. The molecule has 0 bridgehead atoms. The van der Waals surface area contributed by atoms with Crippen LogP contribution in [0, 0.1) is 6.92 Å². The Morgan fingerprint density at radius 1 is 1.67 bits per heavy atom. The first-order chi connectivity index (χ1) is 6.80. The summed E-state index contributed by atoms with van der Waals surface area (Å²) in [6.45, 7) is 6.73. The van der Waals surface area contributed by atoms with Gasteiger partial charge in [-0.1, -0.05) is 0 Å². The molecule has 84 valence electrons. The number of aliphatic hydroxyl groups is 1. The lowest BCUT2D eigenvalue weighted by Gasteiger charge is -2.19. The van der Waals surface area contributed by atoms with E-state index in [0.717, 1.165) is 9.88 Å². The molecular weight excluding hydrogens is 212 g/mol. The van der Waals surface area contributed by atoms with Crippen molar-refractivity contribution >= 4 is 17.2 Å². The van der Waals surface area contributed by atoms with Gasteiger partial charge >= 0.3 is 0 Å². The molecule has 0 saturated heterocycles. The van der Waals surface area contributed by atoms with Crippen molar-refractivity contribution in [3.05, 3.63) is 16.1 Å². The van der Waals surface area contributed by atoms with Crippen LogP contribution in [0.2, 0.25) is 0 Å². The third-order valence-electron chi connectivity index (χ3n) is 1.91. The summed E-state index contributed by atoms with van der Waals surface area (Å²) in [5.74, 6) is -0.386. The fourth-order valence-corrected chi connectivity index (χ4v) is 1.78. The lowest BCUT2D eigenvalue weighted by molar-refractivity contribution is -0.137. The summed E-state index contributed by atoms with van der Waals surface area (Å²) < 4.78 is 0. The molecule has 1 rings (SSSR count). The van der Waals surface area contributed by atoms with E-state index in [9.17, 15) is 9.90 Å². The molecule has 1 atom stereocenters. The topological polar surface area (TPSA) is 62.2 Å². The highest BCUT2D eigenvalue weighted by atomic mass is 32.1. The summed E-state index contributed by atoms with van der Waals surface area (Å²) in [4.78, 5) is 16.7. The number of aryl methyl sites for hydroxylation is 1. The van der Waals surface area contributed by atoms with Crippen molar-refractivity contribution < 1.29 is 9.90 Å². The fraction of sp³-hybridized carbons (Fsp3) is 0.600. The number of carbonyl (C=O) groups excluding carboxylic acids is 1. The minimum atomic E-state index is -1.35. The number of hydrogen-bond donors (Lipinski definition) is 2. The van der Waals surface area contributed by atoms with Gasteiger partial charge in [-0.15, -0.1) is 11.3 Å². The van der Waals surface area contributed by atoms with Crippen molar-refractivity contribution in [3.63, 3.8) is 0 Å². The Bertz CT molecular complexity index is 355. The quantitative estimate of drug-likeness (QED) is 0.822. The fourth-order valence-electron chi connectivity index (χ4n) is 1.01. The Morgan fingerprint density at radius 3 is 2.67 bits per heavy atom. The van der Waals surface area contributed by atoms with Crippen molar-refractivity contribution in [2.24, 2.45) is 0 Å². The van der Waals surface area contributed by atoms with Crippen LogP contribution in [0.25, 0.3) is 0 Å². The lowest BCUT2D eigenvalue weighted by atomic mass is 10.1. The van der Waals surface area contributed by atoms with E-state index < -0.39 is 5.60 Å². The van der Waals surface area contributed by atoms with E-state index in [1.54, 1.807) is 17.5 Å². The molecule has 4 nitrogen and oxygen atoms in total. The first-order valence-electron chi connectivity index (χ1n) is 4.76. The Hall–Kier alpha value is -0.940. The standard InChI is InChI=1S/C10H16N2O2S/c1-6-5-11-8(15-6)7(2)12-9(13)10(3,4)14/h5,7,14H,1-4H3,(H,12,13). The summed E-state index contributed by atoms with van der Waals surface area (Å²) in [5, 5.41) is 13.0. The maximum absolute atomic E-state index is 11.5. The molecule has 1 heterocycles. The van der Waals surface area contributed by atoms with Gasteiger partial charge in [0.25, 0.3) is 5.91 Å². The Labute approximate surface area is 93.4 Å². The van der Waals surface area contributed by atoms with Gasteiger partial charge in [-0.25, -0.2) is 4.98 Å². The van der Waals surface area contributed by atoms with Crippen molar-refractivity contribution in [3.8, 4) is 0 Å². The summed E-state index contributed by atoms with van der Waals surface area (Å²) in [7, 11) is 0. The number of hydrogen-bond acceptors (Lipinski definition) is 4. The first-order valence-corrected chi connectivity index (χ1v) is 5.58. The van der Waals surface area contributed by atoms with Crippen LogP contribution in [0.3, 0.4) is 0 Å². The molecule has 1 amide bonds. The Kier molecular flexibility index (Phi) is 3.46. The zero-order valence-electron chi connectivity index (χ0n) is 9.37. The van der Waals surface area contributed by atoms with E-state index in [1.165, 1.54) is 13.8 Å². The molecule has 0 fully saturated rings. The predicted molar refractivity (Wildman–Crippen MR) is 59.7 cm³/mol. The van der Waals surface area contributed by atoms with E-state index in [-0.39, 0.29) is 11.9 Å². The monoisotopic (exact) mass is 228 g/mol. The van der Waals surface area contributed by atoms with E-state index in [4.69, 9.17) is 0 Å². The molecule has 1 unspecified atom stereocenters. The Balaban J connectivity index is 2.64. The molecule has 0 radical (unpaired) electrons.